The van der Waals surface area contributed by atoms with E-state index in [9.17, 15) is 18.0 Å². The number of nitrogens with zero attached hydrogens (tertiary/aromatic N) is 2. The molecule has 6 rings (SSSR count). The van der Waals surface area contributed by atoms with Gasteiger partial charge in [0.1, 0.15) is 12.6 Å². The molecule has 2 aromatic carbocycles. The molecule has 0 aliphatic heterocycles. The summed E-state index contributed by atoms with van der Waals surface area (Å²) in [5, 5.41) is 3.42. The van der Waals surface area contributed by atoms with E-state index < -0.39 is 28.5 Å². The molecule has 0 radical (unpaired) electrons. The van der Waals surface area contributed by atoms with E-state index in [-0.39, 0.29) is 23.9 Å². The summed E-state index contributed by atoms with van der Waals surface area (Å²) in [7, 11) is -3.80. The molecule has 9 heteroatoms. The summed E-state index contributed by atoms with van der Waals surface area (Å²) in [4.78, 5) is 28.4. The molecule has 42 heavy (non-hydrogen) atoms. The third kappa shape index (κ3) is 6.49. The smallest absolute Gasteiger partial charge is 0.244 e. The maximum atomic E-state index is 13.9. The van der Waals surface area contributed by atoms with Gasteiger partial charge in [-0.3, -0.25) is 13.9 Å². The van der Waals surface area contributed by atoms with Crippen molar-refractivity contribution in [2.24, 2.45) is 17.8 Å². The Labute approximate surface area is 256 Å². The normalized spacial score (nSPS) is 26.0. The summed E-state index contributed by atoms with van der Waals surface area (Å²) < 4.78 is 27.3. The predicted molar refractivity (Wildman–Crippen MR) is 168 cm³/mol. The van der Waals surface area contributed by atoms with Gasteiger partial charge in [-0.1, -0.05) is 48.9 Å². The fourth-order valence-corrected chi connectivity index (χ4v) is 8.96. The van der Waals surface area contributed by atoms with E-state index in [0.29, 0.717) is 16.3 Å². The van der Waals surface area contributed by atoms with E-state index in [1.807, 2.05) is 32.0 Å². The van der Waals surface area contributed by atoms with Crippen LogP contribution in [0.2, 0.25) is 5.02 Å². The Balaban J connectivity index is 1.39. The maximum Gasteiger partial charge on any atom is 0.244 e. The van der Waals surface area contributed by atoms with Crippen molar-refractivity contribution in [1.29, 1.82) is 0 Å². The van der Waals surface area contributed by atoms with Crippen molar-refractivity contribution < 1.29 is 18.0 Å². The zero-order valence-corrected chi connectivity index (χ0v) is 26.8. The van der Waals surface area contributed by atoms with Gasteiger partial charge in [0.15, 0.2) is 0 Å². The highest BCUT2D eigenvalue weighted by Gasteiger charge is 2.51. The van der Waals surface area contributed by atoms with Crippen LogP contribution in [-0.2, 0) is 31.6 Å². The fraction of sp³-hybridized carbons (Fsp3) is 0.576. The summed E-state index contributed by atoms with van der Waals surface area (Å²) in [5.41, 5.74) is 2.62. The molecular formula is C33H44ClN3O4S. The summed E-state index contributed by atoms with van der Waals surface area (Å²) in [6.45, 7) is 5.21. The van der Waals surface area contributed by atoms with Crippen LogP contribution in [-0.4, -0.2) is 50.0 Å². The first-order chi connectivity index (χ1) is 19.9. The highest BCUT2D eigenvalue weighted by molar-refractivity contribution is 7.92. The van der Waals surface area contributed by atoms with Crippen LogP contribution in [0.25, 0.3) is 0 Å². The quantitative estimate of drug-likeness (QED) is 0.342. The number of halogens is 1. The zero-order chi connectivity index (χ0) is 30.2. The van der Waals surface area contributed by atoms with Crippen molar-refractivity contribution in [3.8, 4) is 0 Å². The Morgan fingerprint density at radius 3 is 2.07 bits per heavy atom. The van der Waals surface area contributed by atoms with Crippen molar-refractivity contribution in [2.75, 3.05) is 17.1 Å². The number of amides is 2. The van der Waals surface area contributed by atoms with Crippen LogP contribution in [0.15, 0.2) is 48.5 Å². The fourth-order valence-electron chi connectivity index (χ4n) is 7.92. The van der Waals surface area contributed by atoms with Gasteiger partial charge >= 0.3 is 0 Å². The second-order valence-corrected chi connectivity index (χ2v) is 15.4. The Hall–Kier alpha value is -2.58. The summed E-state index contributed by atoms with van der Waals surface area (Å²) in [5.74, 6) is 1.66. The van der Waals surface area contributed by atoms with E-state index >= 15 is 0 Å². The SMILES string of the molecule is CC[C@H](C)NC(=O)[C@@H](C)N(Cc1ccccc1Cl)C(=O)CN(c1ccc(C23CC4CC(CC(C4)C2)C3)cc1)S(C)(=O)=O. The molecule has 4 aliphatic rings. The molecule has 4 aliphatic carbocycles. The van der Waals surface area contributed by atoms with Gasteiger partial charge in [-0.2, -0.15) is 0 Å². The lowest BCUT2D eigenvalue weighted by Crippen LogP contribution is -2.52. The van der Waals surface area contributed by atoms with E-state index in [1.54, 1.807) is 25.1 Å². The third-order valence-corrected chi connectivity index (χ3v) is 11.5. The van der Waals surface area contributed by atoms with Gasteiger partial charge in [0.25, 0.3) is 0 Å². The second kappa shape index (κ2) is 12.2. The molecule has 228 valence electrons. The molecular weight excluding hydrogens is 570 g/mol. The summed E-state index contributed by atoms with van der Waals surface area (Å²) in [6.07, 6.45) is 9.61. The molecule has 0 unspecified atom stereocenters. The van der Waals surface area contributed by atoms with Crippen molar-refractivity contribution in [3.63, 3.8) is 0 Å². The van der Waals surface area contributed by atoms with Crippen molar-refractivity contribution in [2.45, 2.75) is 89.8 Å². The van der Waals surface area contributed by atoms with Crippen LogP contribution >= 0.6 is 11.6 Å². The van der Waals surface area contributed by atoms with Crippen LogP contribution < -0.4 is 9.62 Å². The van der Waals surface area contributed by atoms with E-state index in [0.717, 1.165) is 34.7 Å². The topological polar surface area (TPSA) is 86.8 Å². The molecule has 2 amide bonds. The molecule has 4 fully saturated rings. The Bertz CT molecular complexity index is 1380. The number of nitrogens with one attached hydrogen (secondary N) is 1. The number of benzene rings is 2. The molecule has 0 saturated heterocycles. The minimum atomic E-state index is -3.80. The average Bonchev–Trinajstić information content (AvgIpc) is 2.93. The highest BCUT2D eigenvalue weighted by Crippen LogP contribution is 2.60. The van der Waals surface area contributed by atoms with Crippen LogP contribution in [0.5, 0.6) is 0 Å². The Kier molecular flexibility index (Phi) is 8.96. The Morgan fingerprint density at radius 1 is 0.976 bits per heavy atom. The molecule has 2 atom stereocenters. The molecule has 4 saturated carbocycles. The van der Waals surface area contributed by atoms with E-state index in [4.69, 9.17) is 11.6 Å². The number of hydrogen-bond donors (Lipinski definition) is 1. The minimum absolute atomic E-state index is 0.0581. The largest absolute Gasteiger partial charge is 0.352 e. The van der Waals surface area contributed by atoms with E-state index in [2.05, 4.69) is 17.4 Å². The number of rotatable bonds is 11. The lowest BCUT2D eigenvalue weighted by atomic mass is 9.48. The van der Waals surface area contributed by atoms with Gasteiger partial charge in [-0.25, -0.2) is 8.42 Å². The first-order valence-corrected chi connectivity index (χ1v) is 17.5. The third-order valence-electron chi connectivity index (χ3n) is 9.95. The number of sulfonamides is 1. The van der Waals surface area contributed by atoms with Crippen LogP contribution in [0.4, 0.5) is 5.69 Å². The van der Waals surface area contributed by atoms with Gasteiger partial charge < -0.3 is 10.2 Å². The van der Waals surface area contributed by atoms with Gasteiger partial charge in [-0.05, 0) is 111 Å². The zero-order valence-electron chi connectivity index (χ0n) is 25.2. The lowest BCUT2D eigenvalue weighted by molar-refractivity contribution is -0.139. The van der Waals surface area contributed by atoms with Crippen molar-refractivity contribution in [1.82, 2.24) is 10.2 Å². The minimum Gasteiger partial charge on any atom is -0.352 e. The maximum absolute atomic E-state index is 13.9. The molecule has 1 N–H and O–H groups in total. The molecule has 4 bridgehead atoms. The van der Waals surface area contributed by atoms with Crippen LogP contribution in [0, 0.1) is 17.8 Å². The number of hydrogen-bond acceptors (Lipinski definition) is 4. The molecule has 0 aromatic heterocycles. The predicted octanol–water partition coefficient (Wildman–Crippen LogP) is 5.91. The number of carbonyl (C=O) groups excluding carboxylic acids is 2. The van der Waals surface area contributed by atoms with Gasteiger partial charge in [-0.15, -0.1) is 0 Å². The molecule has 7 nitrogen and oxygen atoms in total. The number of carbonyl (C=O) groups is 2. The highest BCUT2D eigenvalue weighted by atomic mass is 35.5. The first kappa shape index (κ1) is 30.9. The molecule has 0 spiro atoms. The number of anilines is 1. The van der Waals surface area contributed by atoms with Crippen molar-refractivity contribution >= 4 is 39.1 Å². The van der Waals surface area contributed by atoms with Gasteiger partial charge in [0.2, 0.25) is 21.8 Å². The average molecular weight is 614 g/mol. The molecule has 0 heterocycles. The van der Waals surface area contributed by atoms with Crippen molar-refractivity contribution in [3.05, 3.63) is 64.7 Å². The van der Waals surface area contributed by atoms with Gasteiger partial charge in [0.05, 0.1) is 11.9 Å². The Morgan fingerprint density at radius 2 is 1.55 bits per heavy atom. The second-order valence-electron chi connectivity index (χ2n) is 13.1. The van der Waals surface area contributed by atoms with Crippen LogP contribution in [0.3, 0.4) is 0 Å². The summed E-state index contributed by atoms with van der Waals surface area (Å²) >= 11 is 6.42. The summed E-state index contributed by atoms with van der Waals surface area (Å²) in [6, 6.07) is 14.1. The van der Waals surface area contributed by atoms with E-state index in [1.165, 1.54) is 49.0 Å². The lowest BCUT2D eigenvalue weighted by Gasteiger charge is -2.57. The first-order valence-electron chi connectivity index (χ1n) is 15.3. The monoisotopic (exact) mass is 613 g/mol. The standard InChI is InChI=1S/C33H44ClN3O4S/c1-5-22(2)35-32(39)23(3)36(20-27-8-6-7-9-30(27)34)31(38)21-37(42(4,40)41)29-12-10-28(11-13-29)33-17-24-14-25(18-33)16-26(15-24)19-33/h6-13,22-26H,5,14-21H2,1-4H3,(H,35,39)/t22-,23+,24?,25?,26?,33?/m0/s1. The van der Waals surface area contributed by atoms with Gasteiger partial charge in [0, 0.05) is 17.6 Å². The molecule has 2 aromatic rings. The van der Waals surface area contributed by atoms with Crippen LogP contribution in [0.1, 0.15) is 76.8 Å².